The van der Waals surface area contributed by atoms with Gasteiger partial charge in [0.05, 0.1) is 6.61 Å². The van der Waals surface area contributed by atoms with E-state index in [9.17, 15) is 0 Å². The average molecular weight is 201 g/mol. The first-order valence-corrected chi connectivity index (χ1v) is 5.94. The SMILES string of the molecule is CCCCC(CC)CC(COC)NC. The second-order valence-electron chi connectivity index (χ2n) is 4.09. The van der Waals surface area contributed by atoms with Crippen LogP contribution in [0.3, 0.4) is 0 Å². The van der Waals surface area contributed by atoms with Crippen LogP contribution in [0.15, 0.2) is 0 Å². The number of hydrogen-bond donors (Lipinski definition) is 1. The highest BCUT2D eigenvalue weighted by molar-refractivity contribution is 4.69. The number of methoxy groups -OCH3 is 1. The van der Waals surface area contributed by atoms with Crippen LogP contribution in [0.25, 0.3) is 0 Å². The number of likely N-dealkylation sites (N-methyl/N-ethyl adjacent to an activating group) is 1. The van der Waals surface area contributed by atoms with Crippen LogP contribution >= 0.6 is 0 Å². The van der Waals surface area contributed by atoms with E-state index in [1.54, 1.807) is 7.11 Å². The maximum Gasteiger partial charge on any atom is 0.0615 e. The Kier molecular flexibility index (Phi) is 9.42. The van der Waals surface area contributed by atoms with Gasteiger partial charge in [-0.05, 0) is 19.4 Å². The molecule has 0 aliphatic rings. The zero-order valence-electron chi connectivity index (χ0n) is 10.3. The average Bonchev–Trinajstić information content (AvgIpc) is 2.22. The van der Waals surface area contributed by atoms with Crippen molar-refractivity contribution in [3.05, 3.63) is 0 Å². The molecule has 0 aliphatic heterocycles. The summed E-state index contributed by atoms with van der Waals surface area (Å²) in [6.45, 7) is 5.39. The lowest BCUT2D eigenvalue weighted by Gasteiger charge is -2.21. The molecule has 14 heavy (non-hydrogen) atoms. The Bertz CT molecular complexity index is 117. The van der Waals surface area contributed by atoms with Crippen LogP contribution in [0.1, 0.15) is 46.0 Å². The number of hydrogen-bond acceptors (Lipinski definition) is 2. The van der Waals surface area contributed by atoms with E-state index in [1.807, 2.05) is 7.05 Å². The second-order valence-corrected chi connectivity index (χ2v) is 4.09. The van der Waals surface area contributed by atoms with Gasteiger partial charge in [-0.15, -0.1) is 0 Å². The van der Waals surface area contributed by atoms with Gasteiger partial charge in [0.2, 0.25) is 0 Å². The molecule has 2 nitrogen and oxygen atoms in total. The Hall–Kier alpha value is -0.0800. The normalized spacial score (nSPS) is 15.4. The van der Waals surface area contributed by atoms with Crippen LogP contribution < -0.4 is 5.32 Å². The molecule has 0 aromatic carbocycles. The van der Waals surface area contributed by atoms with Gasteiger partial charge >= 0.3 is 0 Å². The molecule has 0 saturated heterocycles. The number of nitrogens with one attached hydrogen (secondary N) is 1. The summed E-state index contributed by atoms with van der Waals surface area (Å²) in [7, 11) is 3.80. The minimum atomic E-state index is 0.529. The largest absolute Gasteiger partial charge is 0.383 e. The van der Waals surface area contributed by atoms with Crippen molar-refractivity contribution in [1.82, 2.24) is 5.32 Å². The zero-order chi connectivity index (χ0) is 10.8. The molecule has 2 atom stereocenters. The van der Waals surface area contributed by atoms with E-state index >= 15 is 0 Å². The standard InChI is InChI=1S/C12H27NO/c1-5-7-8-11(6-2)9-12(13-3)10-14-4/h11-13H,5-10H2,1-4H3. The Morgan fingerprint density at radius 1 is 1.29 bits per heavy atom. The molecule has 0 bridgehead atoms. The van der Waals surface area contributed by atoms with Crippen molar-refractivity contribution in [1.29, 1.82) is 0 Å². The lowest BCUT2D eigenvalue weighted by atomic mass is 9.92. The molecule has 0 aromatic heterocycles. The molecular weight excluding hydrogens is 174 g/mol. The van der Waals surface area contributed by atoms with Crippen molar-refractivity contribution >= 4 is 0 Å². The van der Waals surface area contributed by atoms with E-state index in [-0.39, 0.29) is 0 Å². The first-order chi connectivity index (χ1) is 6.78. The number of rotatable bonds is 9. The molecule has 0 radical (unpaired) electrons. The molecule has 0 aliphatic carbocycles. The highest BCUT2D eigenvalue weighted by Gasteiger charge is 2.12. The van der Waals surface area contributed by atoms with Crippen molar-refractivity contribution in [2.24, 2.45) is 5.92 Å². The third-order valence-corrected chi connectivity index (χ3v) is 2.94. The smallest absolute Gasteiger partial charge is 0.0615 e. The third kappa shape index (κ3) is 6.39. The summed E-state index contributed by atoms with van der Waals surface area (Å²) in [5, 5.41) is 3.32. The minimum Gasteiger partial charge on any atom is -0.383 e. The van der Waals surface area contributed by atoms with Gasteiger partial charge in [-0.2, -0.15) is 0 Å². The summed E-state index contributed by atoms with van der Waals surface area (Å²) in [5.74, 6) is 0.863. The van der Waals surface area contributed by atoms with E-state index in [4.69, 9.17) is 4.74 Å². The van der Waals surface area contributed by atoms with Gasteiger partial charge in [0.1, 0.15) is 0 Å². The Labute approximate surface area is 89.4 Å². The maximum absolute atomic E-state index is 5.18. The fraction of sp³-hybridized carbons (Fsp3) is 1.00. The molecule has 0 heterocycles. The molecule has 2 unspecified atom stereocenters. The van der Waals surface area contributed by atoms with Crippen LogP contribution in [0.4, 0.5) is 0 Å². The third-order valence-electron chi connectivity index (χ3n) is 2.94. The summed E-state index contributed by atoms with van der Waals surface area (Å²) >= 11 is 0. The van der Waals surface area contributed by atoms with Gasteiger partial charge in [-0.25, -0.2) is 0 Å². The Morgan fingerprint density at radius 3 is 2.43 bits per heavy atom. The fourth-order valence-corrected chi connectivity index (χ4v) is 1.85. The van der Waals surface area contributed by atoms with Crippen molar-refractivity contribution in [2.45, 2.75) is 52.0 Å². The molecule has 0 spiro atoms. The van der Waals surface area contributed by atoms with E-state index in [1.165, 1.54) is 32.1 Å². The predicted octanol–water partition coefficient (Wildman–Crippen LogP) is 2.83. The van der Waals surface area contributed by atoms with Crippen molar-refractivity contribution in [2.75, 3.05) is 20.8 Å². The van der Waals surface area contributed by atoms with Crippen LogP contribution in [0.2, 0.25) is 0 Å². The summed E-state index contributed by atoms with van der Waals surface area (Å²) in [6, 6.07) is 0.529. The quantitative estimate of drug-likeness (QED) is 0.619. The zero-order valence-corrected chi connectivity index (χ0v) is 10.3. The number of unbranched alkanes of at least 4 members (excludes halogenated alkanes) is 1. The fourth-order valence-electron chi connectivity index (χ4n) is 1.85. The predicted molar refractivity (Wildman–Crippen MR) is 62.6 cm³/mol. The van der Waals surface area contributed by atoms with Gasteiger partial charge in [0.15, 0.2) is 0 Å². The van der Waals surface area contributed by atoms with Crippen LogP contribution in [-0.4, -0.2) is 26.8 Å². The van der Waals surface area contributed by atoms with Crippen LogP contribution in [0.5, 0.6) is 0 Å². The molecule has 0 amide bonds. The first kappa shape index (κ1) is 13.9. The highest BCUT2D eigenvalue weighted by atomic mass is 16.5. The summed E-state index contributed by atoms with van der Waals surface area (Å²) in [5.41, 5.74) is 0. The topological polar surface area (TPSA) is 21.3 Å². The highest BCUT2D eigenvalue weighted by Crippen LogP contribution is 2.18. The first-order valence-electron chi connectivity index (χ1n) is 5.94. The Balaban J connectivity index is 3.75. The molecular formula is C12H27NO. The van der Waals surface area contributed by atoms with Gasteiger partial charge < -0.3 is 10.1 Å². The van der Waals surface area contributed by atoms with Gasteiger partial charge in [0, 0.05) is 13.2 Å². The summed E-state index contributed by atoms with van der Waals surface area (Å²) < 4.78 is 5.18. The van der Waals surface area contributed by atoms with Gasteiger partial charge in [0.25, 0.3) is 0 Å². The van der Waals surface area contributed by atoms with Crippen molar-refractivity contribution in [3.63, 3.8) is 0 Å². The monoisotopic (exact) mass is 201 g/mol. The lowest BCUT2D eigenvalue weighted by Crippen LogP contribution is -2.32. The van der Waals surface area contributed by atoms with E-state index in [0.29, 0.717) is 6.04 Å². The maximum atomic E-state index is 5.18. The molecule has 0 aromatic rings. The molecule has 0 rings (SSSR count). The number of ether oxygens (including phenoxy) is 1. The van der Waals surface area contributed by atoms with Crippen LogP contribution in [0, 0.1) is 5.92 Å². The van der Waals surface area contributed by atoms with E-state index in [0.717, 1.165) is 12.5 Å². The molecule has 1 N–H and O–H groups in total. The Morgan fingerprint density at radius 2 is 2.00 bits per heavy atom. The van der Waals surface area contributed by atoms with Gasteiger partial charge in [-0.1, -0.05) is 39.5 Å². The van der Waals surface area contributed by atoms with E-state index in [2.05, 4.69) is 19.2 Å². The molecule has 2 heteroatoms. The van der Waals surface area contributed by atoms with E-state index < -0.39 is 0 Å². The molecule has 86 valence electrons. The summed E-state index contributed by atoms with van der Waals surface area (Å²) in [4.78, 5) is 0. The van der Waals surface area contributed by atoms with Crippen molar-refractivity contribution < 1.29 is 4.74 Å². The van der Waals surface area contributed by atoms with Gasteiger partial charge in [-0.3, -0.25) is 0 Å². The molecule has 0 saturated carbocycles. The van der Waals surface area contributed by atoms with Crippen LogP contribution in [-0.2, 0) is 4.74 Å². The molecule has 0 fully saturated rings. The summed E-state index contributed by atoms with van der Waals surface area (Å²) in [6.07, 6.45) is 6.59. The lowest BCUT2D eigenvalue weighted by molar-refractivity contribution is 0.155. The second kappa shape index (κ2) is 9.47. The van der Waals surface area contributed by atoms with Crippen molar-refractivity contribution in [3.8, 4) is 0 Å². The minimum absolute atomic E-state index is 0.529.